The first-order valence-electron chi connectivity index (χ1n) is 10.0. The predicted molar refractivity (Wildman–Crippen MR) is 112 cm³/mol. The SMILES string of the molecule is CC1CC(C)CN(S(=O)(=O)c2ccc(NC(=O)Cn3cccc(C(F)(F)F)c3=O)cc2)C1. The molecule has 1 amide bonds. The second-order valence-electron chi connectivity index (χ2n) is 8.19. The van der Waals surface area contributed by atoms with E-state index < -0.39 is 39.8 Å². The van der Waals surface area contributed by atoms with E-state index in [1.807, 2.05) is 13.8 Å². The molecule has 174 valence electrons. The minimum atomic E-state index is -4.82. The van der Waals surface area contributed by atoms with Crippen molar-refractivity contribution in [2.45, 2.75) is 37.9 Å². The van der Waals surface area contributed by atoms with Crippen molar-refractivity contribution in [3.05, 3.63) is 58.5 Å². The number of halogens is 3. The Morgan fingerprint density at radius 3 is 2.25 bits per heavy atom. The van der Waals surface area contributed by atoms with Gasteiger partial charge in [0.25, 0.3) is 5.56 Å². The minimum Gasteiger partial charge on any atom is -0.325 e. The third kappa shape index (κ3) is 5.39. The monoisotopic (exact) mass is 471 g/mol. The number of alkyl halides is 3. The molecule has 1 aliphatic heterocycles. The van der Waals surface area contributed by atoms with Crippen molar-refractivity contribution in [3.8, 4) is 0 Å². The first kappa shape index (κ1) is 24.0. The van der Waals surface area contributed by atoms with Gasteiger partial charge in [0.1, 0.15) is 12.1 Å². The van der Waals surface area contributed by atoms with E-state index in [1.165, 1.54) is 28.6 Å². The highest BCUT2D eigenvalue weighted by Gasteiger charge is 2.34. The van der Waals surface area contributed by atoms with Crippen LogP contribution in [0.2, 0.25) is 0 Å². The van der Waals surface area contributed by atoms with E-state index in [0.29, 0.717) is 23.7 Å². The third-order valence-electron chi connectivity index (χ3n) is 5.25. The summed E-state index contributed by atoms with van der Waals surface area (Å²) in [4.78, 5) is 24.3. The number of piperidine rings is 1. The number of nitrogens with one attached hydrogen (secondary N) is 1. The average molecular weight is 472 g/mol. The number of amides is 1. The van der Waals surface area contributed by atoms with E-state index in [4.69, 9.17) is 0 Å². The third-order valence-corrected chi connectivity index (χ3v) is 7.10. The van der Waals surface area contributed by atoms with Crippen LogP contribution in [0, 0.1) is 11.8 Å². The Balaban J connectivity index is 1.70. The molecule has 1 aromatic heterocycles. The lowest BCUT2D eigenvalue weighted by molar-refractivity contribution is -0.139. The Hall–Kier alpha value is -2.66. The number of rotatable bonds is 5. The molecule has 11 heteroatoms. The van der Waals surface area contributed by atoms with Crippen molar-refractivity contribution in [1.29, 1.82) is 0 Å². The van der Waals surface area contributed by atoms with Gasteiger partial charge >= 0.3 is 6.18 Å². The van der Waals surface area contributed by atoms with Crippen LogP contribution in [0.5, 0.6) is 0 Å². The van der Waals surface area contributed by atoms with Crippen molar-refractivity contribution in [1.82, 2.24) is 8.87 Å². The highest BCUT2D eigenvalue weighted by Crippen LogP contribution is 2.27. The fourth-order valence-electron chi connectivity index (χ4n) is 3.89. The summed E-state index contributed by atoms with van der Waals surface area (Å²) in [6, 6.07) is 7.23. The summed E-state index contributed by atoms with van der Waals surface area (Å²) >= 11 is 0. The van der Waals surface area contributed by atoms with E-state index in [9.17, 15) is 31.2 Å². The smallest absolute Gasteiger partial charge is 0.325 e. The second kappa shape index (κ2) is 9.07. The second-order valence-corrected chi connectivity index (χ2v) is 10.1. The molecule has 0 spiro atoms. The van der Waals surface area contributed by atoms with Gasteiger partial charge in [-0.2, -0.15) is 17.5 Å². The van der Waals surface area contributed by atoms with Crippen LogP contribution in [0.15, 0.2) is 52.3 Å². The van der Waals surface area contributed by atoms with Gasteiger partial charge in [-0.15, -0.1) is 0 Å². The maximum atomic E-state index is 12.9. The molecule has 0 aliphatic carbocycles. The number of carbonyl (C=O) groups is 1. The van der Waals surface area contributed by atoms with Crippen LogP contribution in [0.3, 0.4) is 0 Å². The van der Waals surface area contributed by atoms with Crippen LogP contribution < -0.4 is 10.9 Å². The van der Waals surface area contributed by atoms with E-state index in [0.717, 1.165) is 18.7 Å². The van der Waals surface area contributed by atoms with Gasteiger partial charge in [-0.1, -0.05) is 13.8 Å². The Morgan fingerprint density at radius 1 is 1.09 bits per heavy atom. The molecule has 3 rings (SSSR count). The van der Waals surface area contributed by atoms with Crippen molar-refractivity contribution in [3.63, 3.8) is 0 Å². The number of pyridine rings is 1. The number of benzene rings is 1. The standard InChI is InChI=1S/C21H24F3N3O4S/c1-14-10-15(2)12-27(11-14)32(30,31)17-7-5-16(6-8-17)25-19(28)13-26-9-3-4-18(20(26)29)21(22,23)24/h3-9,14-15H,10-13H2,1-2H3,(H,25,28). The molecule has 7 nitrogen and oxygen atoms in total. The van der Waals surface area contributed by atoms with Crippen LogP contribution in [-0.2, 0) is 27.5 Å². The van der Waals surface area contributed by atoms with Gasteiger partial charge in [-0.3, -0.25) is 9.59 Å². The minimum absolute atomic E-state index is 0.0888. The number of nitrogens with zero attached hydrogens (tertiary/aromatic N) is 2. The van der Waals surface area contributed by atoms with E-state index in [1.54, 1.807) is 0 Å². The Morgan fingerprint density at radius 2 is 1.69 bits per heavy atom. The lowest BCUT2D eigenvalue weighted by atomic mass is 9.94. The number of hydrogen-bond donors (Lipinski definition) is 1. The number of carbonyl (C=O) groups excluding carboxylic acids is 1. The molecule has 1 aromatic carbocycles. The van der Waals surface area contributed by atoms with Crippen LogP contribution in [0.4, 0.5) is 18.9 Å². The summed E-state index contributed by atoms with van der Waals surface area (Å²) in [6.45, 7) is 4.28. The molecule has 1 fully saturated rings. The van der Waals surface area contributed by atoms with E-state index in [2.05, 4.69) is 5.32 Å². The Labute approximate surface area is 183 Å². The van der Waals surface area contributed by atoms with Crippen molar-refractivity contribution >= 4 is 21.6 Å². The highest BCUT2D eigenvalue weighted by molar-refractivity contribution is 7.89. The van der Waals surface area contributed by atoms with E-state index in [-0.39, 0.29) is 22.4 Å². The lowest BCUT2D eigenvalue weighted by Crippen LogP contribution is -2.42. The zero-order valence-electron chi connectivity index (χ0n) is 17.6. The van der Waals surface area contributed by atoms with Gasteiger partial charge in [0.2, 0.25) is 15.9 Å². The fourth-order valence-corrected chi connectivity index (χ4v) is 5.57. The summed E-state index contributed by atoms with van der Waals surface area (Å²) < 4.78 is 66.5. The molecule has 0 radical (unpaired) electrons. The molecule has 0 saturated carbocycles. The molecule has 32 heavy (non-hydrogen) atoms. The molecule has 2 unspecified atom stereocenters. The average Bonchev–Trinajstić information content (AvgIpc) is 2.68. The van der Waals surface area contributed by atoms with E-state index >= 15 is 0 Å². The van der Waals surface area contributed by atoms with Crippen LogP contribution in [-0.4, -0.2) is 36.3 Å². The number of anilines is 1. The van der Waals surface area contributed by atoms with Gasteiger partial charge in [-0.05, 0) is 54.7 Å². The number of hydrogen-bond acceptors (Lipinski definition) is 4. The molecule has 2 heterocycles. The first-order chi connectivity index (χ1) is 14.9. The Kier molecular flexibility index (Phi) is 6.80. The maximum Gasteiger partial charge on any atom is 0.421 e. The zero-order chi connectivity index (χ0) is 23.7. The molecular formula is C21H24F3N3O4S. The number of aromatic nitrogens is 1. The van der Waals surface area contributed by atoms with Gasteiger partial charge in [0.05, 0.1) is 4.90 Å². The topological polar surface area (TPSA) is 88.5 Å². The normalized spacial score (nSPS) is 20.2. The van der Waals surface area contributed by atoms with Crippen molar-refractivity contribution < 1.29 is 26.4 Å². The van der Waals surface area contributed by atoms with Crippen LogP contribution in [0.25, 0.3) is 0 Å². The summed E-state index contributed by atoms with van der Waals surface area (Å²) in [7, 11) is -3.68. The molecule has 1 N–H and O–H groups in total. The van der Waals surface area contributed by atoms with Crippen molar-refractivity contribution in [2.75, 3.05) is 18.4 Å². The predicted octanol–water partition coefficient (Wildman–Crippen LogP) is 3.17. The zero-order valence-corrected chi connectivity index (χ0v) is 18.4. The maximum absolute atomic E-state index is 12.9. The molecular weight excluding hydrogens is 447 g/mol. The van der Waals surface area contributed by atoms with Crippen molar-refractivity contribution in [2.24, 2.45) is 11.8 Å². The molecule has 1 aliphatic rings. The lowest BCUT2D eigenvalue weighted by Gasteiger charge is -2.34. The summed E-state index contributed by atoms with van der Waals surface area (Å²) in [5.41, 5.74) is -2.42. The summed E-state index contributed by atoms with van der Waals surface area (Å²) in [5.74, 6) is -0.210. The summed E-state index contributed by atoms with van der Waals surface area (Å²) in [5, 5.41) is 2.46. The van der Waals surface area contributed by atoms with Gasteiger partial charge in [-0.25, -0.2) is 8.42 Å². The molecule has 2 atom stereocenters. The fraction of sp³-hybridized carbons (Fsp3) is 0.429. The number of sulfonamides is 1. The van der Waals surface area contributed by atoms with Gasteiger partial charge < -0.3 is 9.88 Å². The Bertz CT molecular complexity index is 1130. The molecule has 1 saturated heterocycles. The molecule has 2 aromatic rings. The first-order valence-corrected chi connectivity index (χ1v) is 11.5. The van der Waals surface area contributed by atoms with Gasteiger partial charge in [0, 0.05) is 25.0 Å². The van der Waals surface area contributed by atoms with Crippen LogP contribution >= 0.6 is 0 Å². The van der Waals surface area contributed by atoms with Gasteiger partial charge in [0.15, 0.2) is 0 Å². The summed E-state index contributed by atoms with van der Waals surface area (Å²) in [6.07, 6.45) is -2.76. The quantitative estimate of drug-likeness (QED) is 0.726. The van der Waals surface area contributed by atoms with Crippen LogP contribution in [0.1, 0.15) is 25.8 Å². The highest BCUT2D eigenvalue weighted by atomic mass is 32.2. The largest absolute Gasteiger partial charge is 0.421 e. The molecule has 0 bridgehead atoms.